The van der Waals surface area contributed by atoms with Crippen LogP contribution in [0.1, 0.15) is 33.1 Å². The van der Waals surface area contributed by atoms with Gasteiger partial charge in [0.15, 0.2) is 0 Å². The molecule has 1 saturated carbocycles. The molecule has 0 bridgehead atoms. The Balaban J connectivity index is 1.56. The molecular formula is C20H29N3O3. The molecule has 1 heterocycles. The van der Waals surface area contributed by atoms with Crippen molar-refractivity contribution in [2.24, 2.45) is 5.92 Å². The molecule has 3 rings (SSSR count). The number of para-hydroxylation sites is 2. The first kappa shape index (κ1) is 18.5. The number of nitrogens with one attached hydrogen (secondary N) is 1. The van der Waals surface area contributed by atoms with E-state index in [-0.39, 0.29) is 23.8 Å². The van der Waals surface area contributed by atoms with Crippen LogP contribution in [-0.2, 0) is 9.59 Å². The number of benzene rings is 1. The highest BCUT2D eigenvalue weighted by Gasteiger charge is 2.30. The van der Waals surface area contributed by atoms with E-state index < -0.39 is 6.04 Å². The lowest BCUT2D eigenvalue weighted by Crippen LogP contribution is -2.52. The minimum Gasteiger partial charge on any atom is -0.485 e. The Hall–Kier alpha value is -2.24. The third-order valence-electron chi connectivity index (χ3n) is 5.36. The minimum absolute atomic E-state index is 0.00509. The second kappa shape index (κ2) is 7.98. The third kappa shape index (κ3) is 3.94. The number of ether oxygens (including phenoxy) is 1. The summed E-state index contributed by atoms with van der Waals surface area (Å²) in [5, 5.41) is 2.85. The fourth-order valence-corrected chi connectivity index (χ4v) is 3.56. The Morgan fingerprint density at radius 2 is 2.08 bits per heavy atom. The first-order valence-electron chi connectivity index (χ1n) is 9.55. The molecule has 26 heavy (non-hydrogen) atoms. The largest absolute Gasteiger partial charge is 0.485 e. The lowest BCUT2D eigenvalue weighted by molar-refractivity contribution is -0.137. The number of amides is 2. The molecule has 0 spiro atoms. The number of nitrogens with zero attached hydrogens (tertiary/aromatic N) is 2. The number of fused-ring (bicyclic) bond motifs is 1. The molecule has 1 aromatic carbocycles. The maximum atomic E-state index is 12.6. The second-order valence-electron chi connectivity index (χ2n) is 7.32. The van der Waals surface area contributed by atoms with Crippen molar-refractivity contribution in [3.63, 3.8) is 0 Å². The number of anilines is 1. The van der Waals surface area contributed by atoms with Crippen molar-refractivity contribution in [1.82, 2.24) is 10.2 Å². The molecule has 1 aliphatic carbocycles. The maximum Gasteiger partial charge on any atom is 0.244 e. The van der Waals surface area contributed by atoms with E-state index in [0.717, 1.165) is 43.8 Å². The van der Waals surface area contributed by atoms with Crippen molar-refractivity contribution < 1.29 is 14.3 Å². The summed E-state index contributed by atoms with van der Waals surface area (Å²) in [5.41, 5.74) is 1.10. The van der Waals surface area contributed by atoms with Gasteiger partial charge < -0.3 is 19.9 Å². The topological polar surface area (TPSA) is 61.9 Å². The summed E-state index contributed by atoms with van der Waals surface area (Å²) in [6.07, 6.45) is 2.89. The van der Waals surface area contributed by atoms with Crippen molar-refractivity contribution in [3.05, 3.63) is 24.3 Å². The number of carbonyl (C=O) groups is 2. The molecule has 1 aromatic rings. The van der Waals surface area contributed by atoms with Crippen molar-refractivity contribution in [3.8, 4) is 5.75 Å². The van der Waals surface area contributed by atoms with E-state index in [1.54, 1.807) is 18.9 Å². The molecule has 1 fully saturated rings. The Morgan fingerprint density at radius 1 is 1.35 bits per heavy atom. The van der Waals surface area contributed by atoms with Crippen LogP contribution in [0.5, 0.6) is 5.75 Å². The molecule has 0 radical (unpaired) electrons. The molecule has 1 aliphatic heterocycles. The highest BCUT2D eigenvalue weighted by molar-refractivity contribution is 5.88. The zero-order valence-corrected chi connectivity index (χ0v) is 15.9. The van der Waals surface area contributed by atoms with Crippen molar-refractivity contribution in [2.75, 3.05) is 31.6 Å². The third-order valence-corrected chi connectivity index (χ3v) is 5.36. The number of hydrogen-bond acceptors (Lipinski definition) is 4. The van der Waals surface area contributed by atoms with Crippen LogP contribution in [0.2, 0.25) is 0 Å². The number of likely N-dealkylation sites (N-methyl/N-ethyl adjacent to an activating group) is 2. The second-order valence-corrected chi connectivity index (χ2v) is 7.32. The van der Waals surface area contributed by atoms with Crippen LogP contribution in [-0.4, -0.2) is 55.5 Å². The van der Waals surface area contributed by atoms with Gasteiger partial charge in [0.25, 0.3) is 0 Å². The van der Waals surface area contributed by atoms with Crippen LogP contribution in [0.3, 0.4) is 0 Å². The summed E-state index contributed by atoms with van der Waals surface area (Å²) >= 11 is 0. The van der Waals surface area contributed by atoms with Gasteiger partial charge in [0.1, 0.15) is 17.9 Å². The van der Waals surface area contributed by atoms with Gasteiger partial charge in [0.05, 0.1) is 18.8 Å². The van der Waals surface area contributed by atoms with Crippen molar-refractivity contribution >= 4 is 17.5 Å². The van der Waals surface area contributed by atoms with E-state index in [0.29, 0.717) is 6.54 Å². The average Bonchev–Trinajstić information content (AvgIpc) is 2.58. The van der Waals surface area contributed by atoms with Gasteiger partial charge in [-0.2, -0.15) is 0 Å². The molecule has 142 valence electrons. The van der Waals surface area contributed by atoms with E-state index in [1.807, 2.05) is 18.2 Å². The fraction of sp³-hybridized carbons (Fsp3) is 0.600. The zero-order valence-electron chi connectivity index (χ0n) is 15.9. The van der Waals surface area contributed by atoms with Gasteiger partial charge in [-0.1, -0.05) is 18.6 Å². The van der Waals surface area contributed by atoms with E-state index in [1.165, 1.54) is 0 Å². The minimum atomic E-state index is -0.508. The molecule has 0 saturated heterocycles. The van der Waals surface area contributed by atoms with E-state index >= 15 is 0 Å². The molecule has 2 aliphatic rings. The Kier molecular flexibility index (Phi) is 5.69. The molecule has 1 N–H and O–H groups in total. The van der Waals surface area contributed by atoms with Crippen LogP contribution in [0.25, 0.3) is 0 Å². The Bertz CT molecular complexity index is 659. The number of carbonyl (C=O) groups excluding carboxylic acids is 2. The van der Waals surface area contributed by atoms with Gasteiger partial charge in [-0.15, -0.1) is 0 Å². The molecule has 2 amide bonds. The zero-order chi connectivity index (χ0) is 18.7. The van der Waals surface area contributed by atoms with Crippen molar-refractivity contribution in [2.45, 2.75) is 45.3 Å². The summed E-state index contributed by atoms with van der Waals surface area (Å²) in [4.78, 5) is 28.6. The highest BCUT2D eigenvalue weighted by Crippen LogP contribution is 2.32. The summed E-state index contributed by atoms with van der Waals surface area (Å²) in [6.45, 7) is 6.00. The maximum absolute atomic E-state index is 12.6. The van der Waals surface area contributed by atoms with Crippen LogP contribution in [0.4, 0.5) is 5.69 Å². The van der Waals surface area contributed by atoms with Crippen LogP contribution in [0, 0.1) is 5.92 Å². The van der Waals surface area contributed by atoms with Crippen LogP contribution in [0.15, 0.2) is 24.3 Å². The monoisotopic (exact) mass is 359 g/mol. The smallest absolute Gasteiger partial charge is 0.244 e. The molecule has 6 nitrogen and oxygen atoms in total. The summed E-state index contributed by atoms with van der Waals surface area (Å²) in [5.74, 6) is 0.873. The van der Waals surface area contributed by atoms with Gasteiger partial charge in [-0.3, -0.25) is 9.59 Å². The SMILES string of the molecule is CCN1C[C@H](CN(C)C(=O)[C@H](C)NC(=O)C2CCC2)Oc2ccccc21. The molecule has 6 heteroatoms. The first-order chi connectivity index (χ1) is 12.5. The normalized spacial score (nSPS) is 20.4. The summed E-state index contributed by atoms with van der Waals surface area (Å²) in [6, 6.07) is 7.48. The van der Waals surface area contributed by atoms with Gasteiger partial charge in [-0.05, 0) is 38.8 Å². The van der Waals surface area contributed by atoms with E-state index in [4.69, 9.17) is 4.74 Å². The average molecular weight is 359 g/mol. The van der Waals surface area contributed by atoms with Crippen LogP contribution >= 0.6 is 0 Å². The quantitative estimate of drug-likeness (QED) is 0.844. The number of rotatable bonds is 6. The molecular weight excluding hydrogens is 330 g/mol. The van der Waals surface area contributed by atoms with Gasteiger partial charge in [-0.25, -0.2) is 0 Å². The van der Waals surface area contributed by atoms with Gasteiger partial charge >= 0.3 is 0 Å². The number of hydrogen-bond donors (Lipinski definition) is 1. The molecule has 0 unspecified atom stereocenters. The van der Waals surface area contributed by atoms with Crippen LogP contribution < -0.4 is 15.0 Å². The predicted octanol–water partition coefficient (Wildman–Crippen LogP) is 2.04. The fourth-order valence-electron chi connectivity index (χ4n) is 3.56. The molecule has 2 atom stereocenters. The highest BCUT2D eigenvalue weighted by atomic mass is 16.5. The predicted molar refractivity (Wildman–Crippen MR) is 101 cm³/mol. The van der Waals surface area contributed by atoms with Gasteiger partial charge in [0.2, 0.25) is 11.8 Å². The van der Waals surface area contributed by atoms with E-state index in [9.17, 15) is 9.59 Å². The standard InChI is InChI=1S/C20H29N3O3/c1-4-23-13-16(26-18-11-6-5-10-17(18)23)12-22(3)20(25)14(2)21-19(24)15-8-7-9-15/h5-6,10-11,14-16H,4,7-9,12-13H2,1-3H3,(H,21,24)/t14-,16-/m0/s1. The first-order valence-corrected chi connectivity index (χ1v) is 9.55. The van der Waals surface area contributed by atoms with Crippen molar-refractivity contribution in [1.29, 1.82) is 0 Å². The summed E-state index contributed by atoms with van der Waals surface area (Å²) < 4.78 is 6.09. The lowest BCUT2D eigenvalue weighted by atomic mass is 9.84. The van der Waals surface area contributed by atoms with Gasteiger partial charge in [0, 0.05) is 19.5 Å². The summed E-state index contributed by atoms with van der Waals surface area (Å²) in [7, 11) is 1.77. The lowest BCUT2D eigenvalue weighted by Gasteiger charge is -2.37. The Morgan fingerprint density at radius 3 is 2.73 bits per heavy atom. The Labute approximate surface area is 155 Å². The van der Waals surface area contributed by atoms with E-state index in [2.05, 4.69) is 23.2 Å². The molecule has 0 aromatic heterocycles.